The van der Waals surface area contributed by atoms with Crippen LogP contribution in [0.2, 0.25) is 0 Å². The fourth-order valence-corrected chi connectivity index (χ4v) is 3.83. The number of nitrogens with two attached hydrogens (primary N) is 1. The first-order valence-electron chi connectivity index (χ1n) is 12.7. The van der Waals surface area contributed by atoms with Crippen LogP contribution < -0.4 is 21.3 Å². The van der Waals surface area contributed by atoms with Crippen LogP contribution in [-0.4, -0.2) is 90.6 Å². The molecule has 0 radical (unpaired) electrons. The molecule has 1 saturated heterocycles. The number of amides is 4. The lowest BCUT2D eigenvalue weighted by Crippen LogP contribution is -2.41. The highest BCUT2D eigenvalue weighted by Crippen LogP contribution is 2.21. The molecule has 208 valence electrons. The van der Waals surface area contributed by atoms with E-state index in [1.807, 2.05) is 30.9 Å². The number of urea groups is 1. The predicted octanol–water partition coefficient (Wildman–Crippen LogP) is 1.86. The summed E-state index contributed by atoms with van der Waals surface area (Å²) in [6.45, 7) is 5.12. The van der Waals surface area contributed by atoms with E-state index in [1.54, 1.807) is 40.3 Å². The largest absolute Gasteiger partial charge is 0.394 e. The maximum absolute atomic E-state index is 13.1. The number of carbonyl (C=O) groups excluding carboxylic acids is 3. The van der Waals surface area contributed by atoms with Gasteiger partial charge >= 0.3 is 6.03 Å². The van der Waals surface area contributed by atoms with Crippen LogP contribution in [0.1, 0.15) is 36.2 Å². The Balaban J connectivity index is 1.74. The van der Waals surface area contributed by atoms with Gasteiger partial charge in [0.2, 0.25) is 5.95 Å². The number of nitrogens with zero attached hydrogens (tertiary/aromatic N) is 6. The van der Waals surface area contributed by atoms with Gasteiger partial charge in [-0.15, -0.1) is 0 Å². The van der Waals surface area contributed by atoms with Crippen LogP contribution in [0.15, 0.2) is 52.9 Å². The highest BCUT2D eigenvalue weighted by Gasteiger charge is 2.26. The number of piperidine rings is 1. The molecule has 0 saturated carbocycles. The summed E-state index contributed by atoms with van der Waals surface area (Å²) in [4.78, 5) is 55.3. The van der Waals surface area contributed by atoms with Gasteiger partial charge in [-0.25, -0.2) is 14.8 Å². The Kier molecular flexibility index (Phi) is 9.58. The maximum atomic E-state index is 13.1. The van der Waals surface area contributed by atoms with Crippen molar-refractivity contribution >= 4 is 35.2 Å². The molecule has 0 bridgehead atoms. The molecule has 12 nitrogen and oxygen atoms in total. The minimum atomic E-state index is -0.402. The van der Waals surface area contributed by atoms with Crippen LogP contribution in [0.4, 0.5) is 16.4 Å². The van der Waals surface area contributed by atoms with Crippen molar-refractivity contribution in [2.24, 2.45) is 10.7 Å². The fourth-order valence-electron chi connectivity index (χ4n) is 3.83. The van der Waals surface area contributed by atoms with Crippen LogP contribution in [0.25, 0.3) is 0 Å². The van der Waals surface area contributed by atoms with Gasteiger partial charge in [0.05, 0.1) is 5.56 Å². The van der Waals surface area contributed by atoms with E-state index in [4.69, 9.17) is 10.7 Å². The van der Waals surface area contributed by atoms with Gasteiger partial charge in [0.15, 0.2) is 0 Å². The summed E-state index contributed by atoms with van der Waals surface area (Å²) in [7, 11) is 6.67. The molecule has 0 spiro atoms. The first-order chi connectivity index (χ1) is 18.5. The van der Waals surface area contributed by atoms with Gasteiger partial charge in [-0.1, -0.05) is 12.1 Å². The highest BCUT2D eigenvalue weighted by atomic mass is 16.2. The van der Waals surface area contributed by atoms with Gasteiger partial charge < -0.3 is 31.1 Å². The zero-order valence-electron chi connectivity index (χ0n) is 23.4. The summed E-state index contributed by atoms with van der Waals surface area (Å²) in [6, 6.07) is 7.01. The number of nitrogens with one attached hydrogen (secondary N) is 2. The average Bonchev–Trinajstić information content (AvgIpc) is 2.91. The minimum absolute atomic E-state index is 0.0384. The molecule has 0 aliphatic carbocycles. The molecule has 4 amide bonds. The van der Waals surface area contributed by atoms with Crippen LogP contribution in [0, 0.1) is 0 Å². The quantitative estimate of drug-likeness (QED) is 0.458. The number of benzene rings is 1. The van der Waals surface area contributed by atoms with Crippen molar-refractivity contribution in [1.29, 1.82) is 0 Å². The van der Waals surface area contributed by atoms with E-state index >= 15 is 0 Å². The van der Waals surface area contributed by atoms with Crippen molar-refractivity contribution < 1.29 is 14.4 Å². The molecule has 3 rings (SSSR count). The molecular formula is C27H37N9O3. The summed E-state index contributed by atoms with van der Waals surface area (Å²) < 4.78 is 0. The second kappa shape index (κ2) is 12.9. The Morgan fingerprint density at radius 1 is 1.05 bits per heavy atom. The molecule has 1 fully saturated rings. The third-order valence-corrected chi connectivity index (χ3v) is 5.94. The highest BCUT2D eigenvalue weighted by molar-refractivity contribution is 6.09. The number of anilines is 2. The zero-order chi connectivity index (χ0) is 28.7. The Morgan fingerprint density at radius 2 is 1.69 bits per heavy atom. The van der Waals surface area contributed by atoms with Crippen LogP contribution >= 0.6 is 0 Å². The molecule has 4 N–H and O–H groups in total. The number of rotatable bonds is 7. The van der Waals surface area contributed by atoms with Crippen LogP contribution in [0.3, 0.4) is 0 Å². The zero-order valence-corrected chi connectivity index (χ0v) is 23.4. The van der Waals surface area contributed by atoms with Crippen molar-refractivity contribution in [2.75, 3.05) is 51.5 Å². The molecular weight excluding hydrogens is 498 g/mol. The molecule has 0 atom stereocenters. The van der Waals surface area contributed by atoms with E-state index in [9.17, 15) is 14.4 Å². The number of carbonyl (C=O) groups is 3. The first-order valence-corrected chi connectivity index (χ1v) is 12.7. The molecule has 1 aliphatic heterocycles. The van der Waals surface area contributed by atoms with Crippen molar-refractivity contribution in [2.45, 2.75) is 32.9 Å². The lowest BCUT2D eigenvalue weighted by Gasteiger charge is -2.31. The van der Waals surface area contributed by atoms with Crippen molar-refractivity contribution in [1.82, 2.24) is 25.1 Å². The van der Waals surface area contributed by atoms with Gasteiger partial charge in [-0.05, 0) is 31.5 Å². The van der Waals surface area contributed by atoms with Gasteiger partial charge in [0.25, 0.3) is 11.8 Å². The number of aliphatic imine (C=N–C) groups is 1. The van der Waals surface area contributed by atoms with E-state index in [2.05, 4.69) is 20.6 Å². The predicted molar refractivity (Wildman–Crippen MR) is 152 cm³/mol. The lowest BCUT2D eigenvalue weighted by atomic mass is 9.99. The summed E-state index contributed by atoms with van der Waals surface area (Å²) in [6.07, 6.45) is 3.57. The molecule has 1 aromatic heterocycles. The van der Waals surface area contributed by atoms with Gasteiger partial charge in [0, 0.05) is 89.7 Å². The summed E-state index contributed by atoms with van der Waals surface area (Å²) in [5, 5.41) is 5.64. The Labute approximate surface area is 229 Å². The normalized spacial score (nSPS) is 15.7. The third-order valence-electron chi connectivity index (χ3n) is 5.94. The maximum Gasteiger partial charge on any atom is 0.321 e. The molecule has 0 unspecified atom stereocenters. The van der Waals surface area contributed by atoms with Crippen LogP contribution in [-0.2, 0) is 11.3 Å². The summed E-state index contributed by atoms with van der Waals surface area (Å²) in [5.74, 6) is -0.136. The Bertz CT molecular complexity index is 1250. The van der Waals surface area contributed by atoms with Crippen molar-refractivity contribution in [3.63, 3.8) is 0 Å². The monoisotopic (exact) mass is 535 g/mol. The number of aromatic nitrogens is 2. The average molecular weight is 536 g/mol. The minimum Gasteiger partial charge on any atom is -0.394 e. The van der Waals surface area contributed by atoms with Gasteiger partial charge in [-0.3, -0.25) is 14.6 Å². The SMILES string of the molecule is CC(C)N=C1CCN(c2ncc(C(=O)N(C)C)cn2)CC1=C(N)C(=O)NCc1ccc(NC(=O)N(C)C)cc1. The molecule has 1 aromatic carbocycles. The molecule has 2 heterocycles. The molecule has 1 aliphatic rings. The first kappa shape index (κ1) is 29.1. The molecule has 12 heteroatoms. The van der Waals surface area contributed by atoms with E-state index < -0.39 is 5.91 Å². The lowest BCUT2D eigenvalue weighted by molar-refractivity contribution is -0.117. The fraction of sp³-hybridized carbons (Fsp3) is 0.407. The van der Waals surface area contributed by atoms with E-state index in [1.165, 1.54) is 22.2 Å². The second-order valence-electron chi connectivity index (χ2n) is 9.91. The van der Waals surface area contributed by atoms with E-state index in [0.717, 1.165) is 11.3 Å². The smallest absolute Gasteiger partial charge is 0.321 e. The van der Waals surface area contributed by atoms with Crippen molar-refractivity contribution in [3.8, 4) is 0 Å². The Morgan fingerprint density at radius 3 is 2.26 bits per heavy atom. The Hall–Kier alpha value is -4.48. The second-order valence-corrected chi connectivity index (χ2v) is 9.91. The third kappa shape index (κ3) is 7.76. The van der Waals surface area contributed by atoms with Crippen molar-refractivity contribution in [3.05, 3.63) is 59.1 Å². The van der Waals surface area contributed by atoms with Crippen LogP contribution in [0.5, 0.6) is 0 Å². The molecule has 2 aromatic rings. The standard InChI is InChI=1S/C27H37N9O3/c1-17(2)32-22-11-12-36(26-30-14-19(15-31-26)25(38)34(3)4)16-21(22)23(28)24(37)29-13-18-7-9-20(10-8-18)33-27(39)35(5)6/h7-10,14-15,17H,11-13,16,28H2,1-6H3,(H,29,37)(H,33,39). The van der Waals surface area contributed by atoms with E-state index in [0.29, 0.717) is 42.3 Å². The number of hydrogen-bond donors (Lipinski definition) is 3. The van der Waals surface area contributed by atoms with Gasteiger partial charge in [0.1, 0.15) is 5.70 Å². The van der Waals surface area contributed by atoms with E-state index in [-0.39, 0.29) is 30.2 Å². The number of hydrogen-bond acceptors (Lipinski definition) is 8. The summed E-state index contributed by atoms with van der Waals surface area (Å²) in [5.41, 5.74) is 9.80. The summed E-state index contributed by atoms with van der Waals surface area (Å²) >= 11 is 0. The molecule has 39 heavy (non-hydrogen) atoms. The topological polar surface area (TPSA) is 149 Å². The van der Waals surface area contributed by atoms with Gasteiger partial charge in [-0.2, -0.15) is 0 Å².